The van der Waals surface area contributed by atoms with Crippen LogP contribution >= 0.6 is 0 Å². The highest BCUT2D eigenvalue weighted by Gasteiger charge is 1.88. The van der Waals surface area contributed by atoms with Gasteiger partial charge in [-0.3, -0.25) is 4.99 Å². The van der Waals surface area contributed by atoms with Gasteiger partial charge in [-0.25, -0.2) is 4.99 Å². The molecule has 0 radical (unpaired) electrons. The first kappa shape index (κ1) is 9.30. The molecule has 0 aliphatic heterocycles. The van der Waals surface area contributed by atoms with Crippen molar-refractivity contribution in [2.24, 2.45) is 15.7 Å². The lowest BCUT2D eigenvalue weighted by Crippen LogP contribution is -2.13. The van der Waals surface area contributed by atoms with Gasteiger partial charge >= 0.3 is 0 Å². The van der Waals surface area contributed by atoms with Crippen LogP contribution in [0.3, 0.4) is 0 Å². The van der Waals surface area contributed by atoms with Crippen molar-refractivity contribution in [3.8, 4) is 0 Å². The lowest BCUT2D eigenvalue weighted by atomic mass is 10.5. The van der Waals surface area contributed by atoms with Crippen molar-refractivity contribution in [1.82, 2.24) is 0 Å². The van der Waals surface area contributed by atoms with Crippen LogP contribution in [0.1, 0.15) is 27.7 Å². The largest absolute Gasteiger partial charge is 0.310 e. The van der Waals surface area contributed by atoms with Crippen LogP contribution in [0.15, 0.2) is 9.98 Å². The fourth-order valence-electron chi connectivity index (χ4n) is 0.647. The van der Waals surface area contributed by atoms with Crippen LogP contribution in [0.25, 0.3) is 0 Å². The molecular formula is C7H15N3. The summed E-state index contributed by atoms with van der Waals surface area (Å²) in [5.74, 6) is 0.745. The maximum absolute atomic E-state index is 5.41. The van der Waals surface area contributed by atoms with Gasteiger partial charge in [0.2, 0.25) is 0 Å². The molecule has 0 aliphatic rings. The van der Waals surface area contributed by atoms with Crippen LogP contribution in [0.5, 0.6) is 0 Å². The van der Waals surface area contributed by atoms with E-state index in [9.17, 15) is 0 Å². The summed E-state index contributed by atoms with van der Waals surface area (Å²) >= 11 is 0. The first-order chi connectivity index (χ1) is 4.52. The van der Waals surface area contributed by atoms with Crippen molar-refractivity contribution in [1.29, 1.82) is 0 Å². The summed E-state index contributed by atoms with van der Waals surface area (Å²) in [5, 5.41) is 0. The molecule has 0 aromatic carbocycles. The SMILES string of the molecule is CC(C)=NC(C)=NC(C)N. The zero-order chi connectivity index (χ0) is 8.15. The van der Waals surface area contributed by atoms with Gasteiger partial charge in [0.05, 0.1) is 6.17 Å². The summed E-state index contributed by atoms with van der Waals surface area (Å²) in [6.45, 7) is 7.53. The van der Waals surface area contributed by atoms with Gasteiger partial charge in [0.1, 0.15) is 5.84 Å². The van der Waals surface area contributed by atoms with Crippen molar-refractivity contribution < 1.29 is 0 Å². The van der Waals surface area contributed by atoms with Gasteiger partial charge in [-0.1, -0.05) is 0 Å². The molecule has 3 heteroatoms. The fourth-order valence-corrected chi connectivity index (χ4v) is 0.647. The third kappa shape index (κ3) is 5.44. The predicted molar refractivity (Wildman–Crippen MR) is 45.5 cm³/mol. The topological polar surface area (TPSA) is 50.7 Å². The second kappa shape index (κ2) is 4.17. The highest BCUT2D eigenvalue weighted by molar-refractivity contribution is 5.94. The lowest BCUT2D eigenvalue weighted by Gasteiger charge is -1.97. The summed E-state index contributed by atoms with van der Waals surface area (Å²) in [4.78, 5) is 8.13. The molecule has 0 heterocycles. The smallest absolute Gasteiger partial charge is 0.121 e. The molecule has 1 unspecified atom stereocenters. The Morgan fingerprint density at radius 2 is 1.80 bits per heavy atom. The van der Waals surface area contributed by atoms with Gasteiger partial charge in [-0.2, -0.15) is 0 Å². The van der Waals surface area contributed by atoms with Gasteiger partial charge in [-0.05, 0) is 27.7 Å². The van der Waals surface area contributed by atoms with Gasteiger partial charge in [0, 0.05) is 5.71 Å². The first-order valence-corrected chi connectivity index (χ1v) is 3.34. The van der Waals surface area contributed by atoms with Crippen LogP contribution < -0.4 is 5.73 Å². The molecule has 0 spiro atoms. The van der Waals surface area contributed by atoms with Crippen LogP contribution in [0, 0.1) is 0 Å². The highest BCUT2D eigenvalue weighted by Crippen LogP contribution is 1.85. The number of hydrogen-bond acceptors (Lipinski definition) is 2. The molecule has 0 saturated heterocycles. The number of amidine groups is 1. The van der Waals surface area contributed by atoms with Crippen molar-refractivity contribution >= 4 is 11.5 Å². The molecule has 0 saturated carbocycles. The molecule has 0 rings (SSSR count). The summed E-state index contributed by atoms with van der Waals surface area (Å²) in [6, 6.07) is 0. The molecular weight excluding hydrogens is 126 g/mol. The number of nitrogens with two attached hydrogens (primary N) is 1. The van der Waals surface area contributed by atoms with E-state index >= 15 is 0 Å². The van der Waals surface area contributed by atoms with Crippen LogP contribution in [-0.2, 0) is 0 Å². The molecule has 0 bridgehead atoms. The van der Waals surface area contributed by atoms with E-state index in [0.29, 0.717) is 0 Å². The molecule has 2 N–H and O–H groups in total. The van der Waals surface area contributed by atoms with Crippen LogP contribution in [-0.4, -0.2) is 17.7 Å². The monoisotopic (exact) mass is 141 g/mol. The van der Waals surface area contributed by atoms with Gasteiger partial charge < -0.3 is 5.73 Å². The molecule has 0 fully saturated rings. The van der Waals surface area contributed by atoms with Gasteiger partial charge in [0.25, 0.3) is 0 Å². The standard InChI is InChI=1S/C7H15N3/c1-5(2)9-7(4)10-6(3)8/h6H,8H2,1-4H3. The highest BCUT2D eigenvalue weighted by atomic mass is 15.0. The Morgan fingerprint density at radius 1 is 1.30 bits per heavy atom. The number of hydrogen-bond donors (Lipinski definition) is 1. The average molecular weight is 141 g/mol. The Bertz CT molecular complexity index is 152. The second-order valence-corrected chi connectivity index (χ2v) is 2.48. The van der Waals surface area contributed by atoms with Crippen molar-refractivity contribution in [2.45, 2.75) is 33.9 Å². The number of rotatable bonds is 1. The summed E-state index contributed by atoms with van der Waals surface area (Å²) in [5.41, 5.74) is 6.41. The maximum atomic E-state index is 5.41. The van der Waals surface area contributed by atoms with E-state index in [1.807, 2.05) is 27.7 Å². The molecule has 1 atom stereocenters. The Labute approximate surface area is 62.1 Å². The molecule has 0 aliphatic carbocycles. The molecule has 58 valence electrons. The van der Waals surface area contributed by atoms with E-state index in [1.54, 1.807) is 0 Å². The summed E-state index contributed by atoms with van der Waals surface area (Å²) in [6.07, 6.45) is -0.150. The van der Waals surface area contributed by atoms with Crippen LogP contribution in [0.4, 0.5) is 0 Å². The number of nitrogens with zero attached hydrogens (tertiary/aromatic N) is 2. The predicted octanol–water partition coefficient (Wildman–Crippen LogP) is 1.19. The maximum Gasteiger partial charge on any atom is 0.121 e. The molecule has 0 amide bonds. The minimum Gasteiger partial charge on any atom is -0.310 e. The quantitative estimate of drug-likeness (QED) is 0.433. The Kier molecular flexibility index (Phi) is 3.88. The minimum absolute atomic E-state index is 0.150. The minimum atomic E-state index is -0.150. The Hall–Kier alpha value is -0.700. The normalized spacial score (nSPS) is 14.7. The van der Waals surface area contributed by atoms with Crippen LogP contribution in [0.2, 0.25) is 0 Å². The zero-order valence-electron chi connectivity index (χ0n) is 7.05. The molecule has 0 aromatic heterocycles. The third-order valence-electron chi connectivity index (χ3n) is 0.776. The van der Waals surface area contributed by atoms with Gasteiger partial charge in [0.15, 0.2) is 0 Å². The number of aliphatic imine (C=N–C) groups is 2. The third-order valence-corrected chi connectivity index (χ3v) is 0.776. The summed E-state index contributed by atoms with van der Waals surface area (Å²) in [7, 11) is 0. The average Bonchev–Trinajstić information content (AvgIpc) is 1.58. The lowest BCUT2D eigenvalue weighted by molar-refractivity contribution is 0.790. The Balaban J connectivity index is 4.08. The van der Waals surface area contributed by atoms with E-state index in [2.05, 4.69) is 9.98 Å². The van der Waals surface area contributed by atoms with Gasteiger partial charge in [-0.15, -0.1) is 0 Å². The Morgan fingerprint density at radius 3 is 2.10 bits per heavy atom. The first-order valence-electron chi connectivity index (χ1n) is 3.34. The molecule has 10 heavy (non-hydrogen) atoms. The van der Waals surface area contributed by atoms with Crippen molar-refractivity contribution in [3.05, 3.63) is 0 Å². The van der Waals surface area contributed by atoms with E-state index in [1.165, 1.54) is 0 Å². The zero-order valence-corrected chi connectivity index (χ0v) is 7.05. The fraction of sp³-hybridized carbons (Fsp3) is 0.714. The van der Waals surface area contributed by atoms with E-state index in [-0.39, 0.29) is 6.17 Å². The molecule has 0 aromatic rings. The summed E-state index contributed by atoms with van der Waals surface area (Å²) < 4.78 is 0. The van der Waals surface area contributed by atoms with E-state index in [0.717, 1.165) is 11.5 Å². The second-order valence-electron chi connectivity index (χ2n) is 2.48. The van der Waals surface area contributed by atoms with Crippen molar-refractivity contribution in [2.75, 3.05) is 0 Å². The van der Waals surface area contributed by atoms with E-state index in [4.69, 9.17) is 5.73 Å². The van der Waals surface area contributed by atoms with Crippen molar-refractivity contribution in [3.63, 3.8) is 0 Å². The molecule has 3 nitrogen and oxygen atoms in total. The van der Waals surface area contributed by atoms with E-state index < -0.39 is 0 Å².